The fourth-order valence-corrected chi connectivity index (χ4v) is 4.24. The molecule has 0 spiro atoms. The van der Waals surface area contributed by atoms with E-state index in [2.05, 4.69) is 26.2 Å². The van der Waals surface area contributed by atoms with Gasteiger partial charge in [0, 0.05) is 6.54 Å². The first-order chi connectivity index (χ1) is 6.20. The lowest BCUT2D eigenvalue weighted by molar-refractivity contribution is -0.233. The van der Waals surface area contributed by atoms with E-state index in [9.17, 15) is 0 Å². The number of rotatable bonds is 5. The summed E-state index contributed by atoms with van der Waals surface area (Å²) >= 11 is 0. The van der Waals surface area contributed by atoms with Gasteiger partial charge in [0.05, 0.1) is 0 Å². The van der Waals surface area contributed by atoms with Gasteiger partial charge in [0.25, 0.3) is 0 Å². The summed E-state index contributed by atoms with van der Waals surface area (Å²) in [6, 6.07) is 0. The Hall–Kier alpha value is -0.0400. The molecule has 3 saturated carbocycles. The van der Waals surface area contributed by atoms with Crippen molar-refractivity contribution in [3.05, 3.63) is 0 Å². The van der Waals surface area contributed by atoms with Gasteiger partial charge >= 0.3 is 0 Å². The lowest BCUT2D eigenvalue weighted by atomic mass is 9.31. The molecule has 1 N–H and O–H groups in total. The molecule has 0 amide bonds. The summed E-state index contributed by atoms with van der Waals surface area (Å²) in [7, 11) is 2.09. The van der Waals surface area contributed by atoms with Crippen molar-refractivity contribution < 1.29 is 0 Å². The molecular weight excluding hydrogens is 158 g/mol. The molecule has 0 aromatic carbocycles. The summed E-state index contributed by atoms with van der Waals surface area (Å²) in [5, 5.41) is 3.34. The van der Waals surface area contributed by atoms with Crippen LogP contribution in [-0.4, -0.2) is 13.6 Å². The van der Waals surface area contributed by atoms with E-state index in [1.807, 2.05) is 0 Å². The molecule has 3 fully saturated rings. The summed E-state index contributed by atoms with van der Waals surface area (Å²) < 4.78 is 0. The van der Waals surface area contributed by atoms with E-state index >= 15 is 0 Å². The molecule has 3 rings (SSSR count). The fraction of sp³-hybridized carbons (Fsp3) is 1.00. The maximum absolute atomic E-state index is 3.34. The molecule has 0 saturated heterocycles. The zero-order valence-electron chi connectivity index (χ0n) is 9.32. The Morgan fingerprint density at radius 2 is 1.69 bits per heavy atom. The summed E-state index contributed by atoms with van der Waals surface area (Å²) in [4.78, 5) is 0. The highest BCUT2D eigenvalue weighted by Gasteiger charge is 2.68. The molecule has 2 bridgehead atoms. The molecule has 3 aliphatic rings. The lowest BCUT2D eigenvalue weighted by Crippen LogP contribution is -2.67. The van der Waals surface area contributed by atoms with Gasteiger partial charge in [-0.15, -0.1) is 0 Å². The fourth-order valence-electron chi connectivity index (χ4n) is 4.24. The highest BCUT2D eigenvalue weighted by Crippen LogP contribution is 2.76. The third-order valence-electron chi connectivity index (χ3n) is 4.58. The van der Waals surface area contributed by atoms with Gasteiger partial charge in [-0.3, -0.25) is 0 Å². The van der Waals surface area contributed by atoms with E-state index < -0.39 is 0 Å². The van der Waals surface area contributed by atoms with Gasteiger partial charge < -0.3 is 5.32 Å². The highest BCUT2D eigenvalue weighted by molar-refractivity contribution is 5.19. The van der Waals surface area contributed by atoms with Crippen LogP contribution in [-0.2, 0) is 0 Å². The molecule has 1 heteroatoms. The third kappa shape index (κ3) is 1.16. The Kier molecular flexibility index (Phi) is 2.18. The van der Waals surface area contributed by atoms with Gasteiger partial charge in [-0.1, -0.05) is 26.7 Å². The maximum Gasteiger partial charge on any atom is 0.000543 e. The first-order valence-electron chi connectivity index (χ1n) is 5.85. The highest BCUT2D eigenvalue weighted by atomic mass is 14.9. The zero-order chi connectivity index (χ0) is 9.53. The minimum atomic E-state index is 0.747. The molecule has 13 heavy (non-hydrogen) atoms. The third-order valence-corrected chi connectivity index (χ3v) is 4.58. The van der Waals surface area contributed by atoms with Crippen molar-refractivity contribution in [2.45, 2.75) is 46.0 Å². The molecule has 0 heterocycles. The second-order valence-electron chi connectivity index (χ2n) is 5.44. The summed E-state index contributed by atoms with van der Waals surface area (Å²) in [6.07, 6.45) is 7.35. The van der Waals surface area contributed by atoms with Crippen LogP contribution in [0.4, 0.5) is 0 Å². The molecule has 0 unspecified atom stereocenters. The Balaban J connectivity index is 1.88. The second kappa shape index (κ2) is 2.98. The molecule has 0 aromatic heterocycles. The number of hydrogen-bond donors (Lipinski definition) is 1. The van der Waals surface area contributed by atoms with E-state index in [-0.39, 0.29) is 0 Å². The molecule has 76 valence electrons. The number of nitrogens with one attached hydrogen (secondary N) is 1. The molecule has 0 aromatic rings. The first-order valence-corrected chi connectivity index (χ1v) is 5.85. The Bertz CT molecular complexity index is 174. The normalized spacial score (nSPS) is 41.5. The van der Waals surface area contributed by atoms with Gasteiger partial charge in [-0.05, 0) is 43.1 Å². The van der Waals surface area contributed by atoms with E-state index in [4.69, 9.17) is 0 Å². The molecule has 1 nitrogen and oxygen atoms in total. The van der Waals surface area contributed by atoms with Crippen LogP contribution in [0.5, 0.6) is 0 Å². The summed E-state index contributed by atoms with van der Waals surface area (Å²) in [5.74, 6) is 1.02. The largest absolute Gasteiger partial charge is 0.319 e. The predicted octanol–water partition coefficient (Wildman–Crippen LogP) is 2.81. The van der Waals surface area contributed by atoms with E-state index in [0.29, 0.717) is 0 Å². The van der Waals surface area contributed by atoms with Crippen molar-refractivity contribution in [1.82, 2.24) is 5.32 Å². The van der Waals surface area contributed by atoms with Crippen molar-refractivity contribution in [1.29, 1.82) is 0 Å². The van der Waals surface area contributed by atoms with Crippen molar-refractivity contribution in [2.75, 3.05) is 13.6 Å². The Morgan fingerprint density at radius 3 is 2.08 bits per heavy atom. The standard InChI is InChI=1S/C12H23N/c1-4-10(5-2)12-6-11(7-12,8-12)9-13-3/h10,13H,4-9H2,1-3H3. The van der Waals surface area contributed by atoms with Crippen molar-refractivity contribution in [3.63, 3.8) is 0 Å². The van der Waals surface area contributed by atoms with Crippen LogP contribution in [0.15, 0.2) is 0 Å². The van der Waals surface area contributed by atoms with Crippen LogP contribution in [0.25, 0.3) is 0 Å². The van der Waals surface area contributed by atoms with Crippen LogP contribution in [0, 0.1) is 16.7 Å². The Morgan fingerprint density at radius 1 is 1.15 bits per heavy atom. The van der Waals surface area contributed by atoms with E-state index in [1.54, 1.807) is 0 Å². The average molecular weight is 181 g/mol. The van der Waals surface area contributed by atoms with Crippen molar-refractivity contribution in [2.24, 2.45) is 16.7 Å². The van der Waals surface area contributed by atoms with Gasteiger partial charge in [-0.2, -0.15) is 0 Å². The van der Waals surface area contributed by atoms with Gasteiger partial charge in [0.1, 0.15) is 0 Å². The first kappa shape index (κ1) is 9.51. The molecule has 0 radical (unpaired) electrons. The van der Waals surface area contributed by atoms with Crippen LogP contribution < -0.4 is 5.32 Å². The van der Waals surface area contributed by atoms with Crippen molar-refractivity contribution in [3.8, 4) is 0 Å². The summed E-state index contributed by atoms with van der Waals surface area (Å²) in [5.41, 5.74) is 1.55. The van der Waals surface area contributed by atoms with Gasteiger partial charge in [0.2, 0.25) is 0 Å². The van der Waals surface area contributed by atoms with Gasteiger partial charge in [-0.25, -0.2) is 0 Å². The van der Waals surface area contributed by atoms with Crippen LogP contribution in [0.3, 0.4) is 0 Å². The SMILES string of the molecule is CCC(CC)C12CC(CNC)(C1)C2. The average Bonchev–Trinajstić information content (AvgIpc) is 1.99. The lowest BCUT2D eigenvalue weighted by Gasteiger charge is -2.74. The smallest absolute Gasteiger partial charge is 0.000543 e. The minimum absolute atomic E-state index is 0.747. The monoisotopic (exact) mass is 181 g/mol. The molecule has 3 aliphatic carbocycles. The topological polar surface area (TPSA) is 12.0 Å². The van der Waals surface area contributed by atoms with Crippen LogP contribution in [0.2, 0.25) is 0 Å². The molecule has 0 atom stereocenters. The van der Waals surface area contributed by atoms with Crippen LogP contribution >= 0.6 is 0 Å². The summed E-state index contributed by atoms with van der Waals surface area (Å²) in [6.45, 7) is 5.98. The van der Waals surface area contributed by atoms with E-state index in [1.165, 1.54) is 38.6 Å². The van der Waals surface area contributed by atoms with Crippen LogP contribution in [0.1, 0.15) is 46.0 Å². The maximum atomic E-state index is 3.34. The second-order valence-corrected chi connectivity index (χ2v) is 5.44. The Labute approximate surface area is 82.3 Å². The molecule has 0 aliphatic heterocycles. The zero-order valence-corrected chi connectivity index (χ0v) is 9.32. The van der Waals surface area contributed by atoms with Gasteiger partial charge in [0.15, 0.2) is 0 Å². The quantitative estimate of drug-likeness (QED) is 0.687. The number of hydrogen-bond acceptors (Lipinski definition) is 1. The minimum Gasteiger partial charge on any atom is -0.319 e. The predicted molar refractivity (Wildman–Crippen MR) is 56.7 cm³/mol. The molecular formula is C12H23N. The van der Waals surface area contributed by atoms with E-state index in [0.717, 1.165) is 16.7 Å². The van der Waals surface area contributed by atoms with Crippen molar-refractivity contribution >= 4 is 0 Å².